The van der Waals surface area contributed by atoms with E-state index in [2.05, 4.69) is 13.8 Å². The number of aromatic nitrogens is 1. The molecule has 0 saturated heterocycles. The van der Waals surface area contributed by atoms with E-state index >= 15 is 0 Å². The zero-order valence-electron chi connectivity index (χ0n) is 20.6. The lowest BCUT2D eigenvalue weighted by atomic mass is 9.87. The Labute approximate surface area is 201 Å². The molecule has 0 spiro atoms. The highest BCUT2D eigenvalue weighted by Gasteiger charge is 2.23. The second-order valence-corrected chi connectivity index (χ2v) is 9.15. The van der Waals surface area contributed by atoms with Gasteiger partial charge in [0.05, 0.1) is 24.5 Å². The number of methoxy groups -OCH3 is 1. The summed E-state index contributed by atoms with van der Waals surface area (Å²) in [5, 5.41) is 29.3. The molecule has 0 aliphatic carbocycles. The molecular formula is C27H36FNO5. The average Bonchev–Trinajstić information content (AvgIpc) is 2.76. The molecule has 0 aliphatic rings. The van der Waals surface area contributed by atoms with Crippen LogP contribution in [0.15, 0.2) is 30.3 Å². The van der Waals surface area contributed by atoms with Crippen molar-refractivity contribution < 1.29 is 29.2 Å². The molecule has 1 aromatic carbocycles. The van der Waals surface area contributed by atoms with Gasteiger partial charge >= 0.3 is 5.97 Å². The Balaban J connectivity index is 2.61. The minimum atomic E-state index is -0.989. The van der Waals surface area contributed by atoms with Gasteiger partial charge < -0.3 is 20.1 Å². The number of hydrogen-bond acceptors (Lipinski definition) is 5. The van der Waals surface area contributed by atoms with Gasteiger partial charge in [0.1, 0.15) is 5.82 Å². The van der Waals surface area contributed by atoms with Crippen molar-refractivity contribution in [3.63, 3.8) is 0 Å². The fourth-order valence-corrected chi connectivity index (χ4v) is 3.97. The Morgan fingerprint density at radius 1 is 1.09 bits per heavy atom. The number of aliphatic hydroxyl groups is 2. The van der Waals surface area contributed by atoms with Crippen LogP contribution in [0.2, 0.25) is 0 Å². The molecule has 0 fully saturated rings. The fraction of sp³-hybridized carbons (Fsp3) is 0.481. The van der Waals surface area contributed by atoms with Crippen LogP contribution in [-0.2, 0) is 16.1 Å². The Hall–Kier alpha value is -2.61. The second-order valence-electron chi connectivity index (χ2n) is 9.15. The summed E-state index contributed by atoms with van der Waals surface area (Å²) in [6.07, 6.45) is 1.41. The molecule has 186 valence electrons. The SMILES string of the molecule is COCc1c(C(C)C)nc(C(C)C)c(C=CC(O)CC(O)CCC(=O)O)c1-c1ccc(F)cc1. The maximum Gasteiger partial charge on any atom is 0.303 e. The smallest absolute Gasteiger partial charge is 0.303 e. The van der Waals surface area contributed by atoms with Crippen molar-refractivity contribution in [2.75, 3.05) is 7.11 Å². The molecule has 2 atom stereocenters. The van der Waals surface area contributed by atoms with Crippen LogP contribution >= 0.6 is 0 Å². The van der Waals surface area contributed by atoms with Crippen molar-refractivity contribution in [2.45, 2.75) is 77.6 Å². The van der Waals surface area contributed by atoms with Gasteiger partial charge in [0.2, 0.25) is 0 Å². The second kappa shape index (κ2) is 12.7. The average molecular weight is 474 g/mol. The van der Waals surface area contributed by atoms with Crippen LogP contribution in [0.3, 0.4) is 0 Å². The van der Waals surface area contributed by atoms with E-state index in [1.807, 2.05) is 13.8 Å². The Kier molecular flexibility index (Phi) is 10.4. The summed E-state index contributed by atoms with van der Waals surface area (Å²) >= 11 is 0. The zero-order valence-corrected chi connectivity index (χ0v) is 20.6. The van der Waals surface area contributed by atoms with E-state index in [9.17, 15) is 19.4 Å². The molecule has 0 radical (unpaired) electrons. The van der Waals surface area contributed by atoms with Crippen LogP contribution in [0.5, 0.6) is 0 Å². The molecule has 3 N–H and O–H groups in total. The molecule has 1 aromatic heterocycles. The number of aliphatic hydroxyl groups excluding tert-OH is 2. The largest absolute Gasteiger partial charge is 0.481 e. The van der Waals surface area contributed by atoms with E-state index in [1.54, 1.807) is 31.4 Å². The molecule has 2 rings (SSSR count). The lowest BCUT2D eigenvalue weighted by molar-refractivity contribution is -0.137. The number of ether oxygens (including phenoxy) is 1. The van der Waals surface area contributed by atoms with E-state index in [0.29, 0.717) is 6.61 Å². The zero-order chi connectivity index (χ0) is 25.4. The first-order chi connectivity index (χ1) is 16.0. The molecule has 0 aliphatic heterocycles. The van der Waals surface area contributed by atoms with Gasteiger partial charge in [0.25, 0.3) is 0 Å². The normalized spacial score (nSPS) is 13.7. The minimum Gasteiger partial charge on any atom is -0.481 e. The van der Waals surface area contributed by atoms with E-state index in [0.717, 1.165) is 33.6 Å². The summed E-state index contributed by atoms with van der Waals surface area (Å²) < 4.78 is 19.2. The molecule has 0 bridgehead atoms. The number of aliphatic carboxylic acids is 1. The van der Waals surface area contributed by atoms with Crippen LogP contribution in [0.1, 0.15) is 81.3 Å². The first-order valence-corrected chi connectivity index (χ1v) is 11.6. The predicted molar refractivity (Wildman–Crippen MR) is 131 cm³/mol. The number of benzene rings is 1. The van der Waals surface area contributed by atoms with Gasteiger partial charge in [-0.15, -0.1) is 0 Å². The number of carbonyl (C=O) groups is 1. The molecule has 0 amide bonds. The van der Waals surface area contributed by atoms with Crippen LogP contribution < -0.4 is 0 Å². The van der Waals surface area contributed by atoms with E-state index < -0.39 is 18.2 Å². The lowest BCUT2D eigenvalue weighted by Gasteiger charge is -2.23. The number of carboxylic acid groups (broad SMARTS) is 1. The highest BCUT2D eigenvalue weighted by atomic mass is 19.1. The maximum absolute atomic E-state index is 13.7. The van der Waals surface area contributed by atoms with Crippen LogP contribution in [0.25, 0.3) is 17.2 Å². The van der Waals surface area contributed by atoms with Crippen molar-refractivity contribution in [1.29, 1.82) is 0 Å². The summed E-state index contributed by atoms with van der Waals surface area (Å²) in [6, 6.07) is 6.28. The van der Waals surface area contributed by atoms with Crippen molar-refractivity contribution in [3.05, 3.63) is 58.7 Å². The molecule has 2 aromatic rings. The van der Waals surface area contributed by atoms with Crippen LogP contribution in [0.4, 0.5) is 4.39 Å². The summed E-state index contributed by atoms with van der Waals surface area (Å²) in [5.74, 6) is -1.11. The molecule has 34 heavy (non-hydrogen) atoms. The van der Waals surface area contributed by atoms with Gasteiger partial charge in [-0.1, -0.05) is 52.0 Å². The maximum atomic E-state index is 13.7. The van der Waals surface area contributed by atoms with Crippen molar-refractivity contribution >= 4 is 12.0 Å². The summed E-state index contributed by atoms with van der Waals surface area (Å²) in [6.45, 7) is 8.54. The Bertz CT molecular complexity index is 986. The highest BCUT2D eigenvalue weighted by molar-refractivity contribution is 5.80. The third kappa shape index (κ3) is 7.45. The van der Waals surface area contributed by atoms with Crippen LogP contribution in [0, 0.1) is 5.82 Å². The summed E-state index contributed by atoms with van der Waals surface area (Å²) in [7, 11) is 1.62. The molecular weight excluding hydrogens is 437 g/mol. The quantitative estimate of drug-likeness (QED) is 0.388. The molecule has 1 heterocycles. The number of rotatable bonds is 12. The van der Waals surface area contributed by atoms with Gasteiger partial charge in [0, 0.05) is 36.8 Å². The molecule has 7 heteroatoms. The number of hydrogen-bond donors (Lipinski definition) is 3. The van der Waals surface area contributed by atoms with Gasteiger partial charge in [-0.25, -0.2) is 4.39 Å². The van der Waals surface area contributed by atoms with Crippen LogP contribution in [-0.4, -0.2) is 45.6 Å². The number of halogens is 1. The molecule has 0 saturated carbocycles. The van der Waals surface area contributed by atoms with Gasteiger partial charge in [0.15, 0.2) is 0 Å². The Morgan fingerprint density at radius 3 is 2.24 bits per heavy atom. The van der Waals surface area contributed by atoms with Crippen molar-refractivity contribution in [2.24, 2.45) is 0 Å². The third-order valence-corrected chi connectivity index (χ3v) is 5.60. The highest BCUT2D eigenvalue weighted by Crippen LogP contribution is 2.38. The van der Waals surface area contributed by atoms with Gasteiger partial charge in [-0.05, 0) is 41.5 Å². The summed E-state index contributed by atoms with van der Waals surface area (Å²) in [4.78, 5) is 15.7. The van der Waals surface area contributed by atoms with Gasteiger partial charge in [-0.2, -0.15) is 0 Å². The number of nitrogens with zero attached hydrogens (tertiary/aromatic N) is 1. The predicted octanol–water partition coefficient (Wildman–Crippen LogP) is 5.27. The van der Waals surface area contributed by atoms with Crippen molar-refractivity contribution in [3.8, 4) is 11.1 Å². The summed E-state index contributed by atoms with van der Waals surface area (Å²) in [5.41, 5.74) is 5.15. The van der Waals surface area contributed by atoms with E-state index in [1.165, 1.54) is 12.1 Å². The van der Waals surface area contributed by atoms with Gasteiger partial charge in [-0.3, -0.25) is 9.78 Å². The Morgan fingerprint density at radius 2 is 1.71 bits per heavy atom. The first-order valence-electron chi connectivity index (χ1n) is 11.6. The van der Waals surface area contributed by atoms with E-state index in [-0.39, 0.29) is 36.9 Å². The number of pyridine rings is 1. The minimum absolute atomic E-state index is 0.0229. The van der Waals surface area contributed by atoms with Crippen molar-refractivity contribution in [1.82, 2.24) is 4.98 Å². The number of carboxylic acids is 1. The molecule has 2 unspecified atom stereocenters. The topological polar surface area (TPSA) is 99.9 Å². The standard InChI is InChI=1S/C27H36FNO5/c1-16(2)26-22(12-10-20(30)14-21(31)11-13-24(32)33)25(18-6-8-19(28)9-7-18)23(15-34-5)27(29-26)17(3)4/h6-10,12,16-17,20-21,30-31H,11,13-15H2,1-5H3,(H,32,33). The third-order valence-electron chi connectivity index (χ3n) is 5.60. The fourth-order valence-electron chi connectivity index (χ4n) is 3.97. The first kappa shape index (κ1) is 27.6. The van der Waals surface area contributed by atoms with E-state index in [4.69, 9.17) is 14.8 Å². The molecule has 6 nitrogen and oxygen atoms in total. The monoisotopic (exact) mass is 473 g/mol. The lowest BCUT2D eigenvalue weighted by Crippen LogP contribution is -2.17.